The van der Waals surface area contributed by atoms with Crippen molar-refractivity contribution in [3.8, 4) is 0 Å². The topological polar surface area (TPSA) is 133 Å². The molecule has 22 heavy (non-hydrogen) atoms. The fraction of sp³-hybridized carbons (Fsp3) is 0.643. The number of thioether (sulfide) groups is 1. The predicted octanol–water partition coefficient (Wildman–Crippen LogP) is -0.292. The molecule has 1 heterocycles. The zero-order valence-electron chi connectivity index (χ0n) is 12.3. The molecule has 0 radical (unpaired) electrons. The van der Waals surface area contributed by atoms with Crippen LogP contribution in [0.5, 0.6) is 0 Å². The first-order valence-electron chi connectivity index (χ1n) is 6.81. The Morgan fingerprint density at radius 2 is 1.77 bits per heavy atom. The summed E-state index contributed by atoms with van der Waals surface area (Å²) in [5.41, 5.74) is 5.35. The van der Waals surface area contributed by atoms with Gasteiger partial charge in [0.2, 0.25) is 0 Å². The van der Waals surface area contributed by atoms with Crippen LogP contribution in [-0.4, -0.2) is 68.5 Å². The van der Waals surface area contributed by atoms with Crippen LogP contribution in [0.15, 0.2) is 25.3 Å². The minimum atomic E-state index is -1.25. The summed E-state index contributed by atoms with van der Waals surface area (Å²) in [7, 11) is 0. The molecule has 1 aliphatic rings. The van der Waals surface area contributed by atoms with Crippen LogP contribution in [0, 0.1) is 0 Å². The van der Waals surface area contributed by atoms with Gasteiger partial charge in [0.15, 0.2) is 0 Å². The van der Waals surface area contributed by atoms with Crippen molar-refractivity contribution in [1.82, 2.24) is 0 Å². The molecule has 8 heteroatoms. The molecular weight excluding hydrogens is 310 g/mol. The predicted molar refractivity (Wildman–Crippen MR) is 85.4 cm³/mol. The first-order chi connectivity index (χ1) is 10.4. The van der Waals surface area contributed by atoms with E-state index in [1.807, 2.05) is 0 Å². The minimum Gasteiger partial charge on any atom is -0.483 e. The van der Waals surface area contributed by atoms with E-state index in [0.29, 0.717) is 18.6 Å². The van der Waals surface area contributed by atoms with Gasteiger partial charge in [-0.3, -0.25) is 4.79 Å². The Kier molecular flexibility index (Phi) is 11.2. The van der Waals surface area contributed by atoms with Crippen molar-refractivity contribution in [1.29, 1.82) is 0 Å². The molecule has 0 aliphatic carbocycles. The van der Waals surface area contributed by atoms with Crippen LogP contribution >= 0.6 is 11.8 Å². The molecule has 0 saturated carbocycles. The normalized spacial score (nSPS) is 32.3. The van der Waals surface area contributed by atoms with E-state index in [2.05, 4.69) is 13.2 Å². The number of allylic oxidation sites excluding steroid dienone is 1. The molecule has 0 spiro atoms. The van der Waals surface area contributed by atoms with Crippen LogP contribution in [0.2, 0.25) is 0 Å². The number of carboxylic acid groups (broad SMARTS) is 1. The van der Waals surface area contributed by atoms with E-state index in [9.17, 15) is 15.3 Å². The van der Waals surface area contributed by atoms with Gasteiger partial charge < -0.3 is 30.9 Å². The molecule has 6 N–H and O–H groups in total. The number of aliphatic hydroxyl groups is 3. The Morgan fingerprint density at radius 3 is 2.27 bits per heavy atom. The second-order valence-corrected chi connectivity index (χ2v) is 5.83. The number of aliphatic hydroxyl groups excluding tert-OH is 3. The highest BCUT2D eigenvalue weighted by Crippen LogP contribution is 2.30. The highest BCUT2D eigenvalue weighted by atomic mass is 32.2. The Bertz CT molecular complexity index is 343. The van der Waals surface area contributed by atoms with E-state index >= 15 is 0 Å². The molecule has 1 rings (SSSR count). The third-order valence-corrected chi connectivity index (χ3v) is 4.26. The first-order valence-corrected chi connectivity index (χ1v) is 7.85. The summed E-state index contributed by atoms with van der Waals surface area (Å²) < 4.78 is 5.64. The van der Waals surface area contributed by atoms with E-state index < -0.39 is 35.9 Å². The van der Waals surface area contributed by atoms with Gasteiger partial charge in [0.1, 0.15) is 29.9 Å². The van der Waals surface area contributed by atoms with Gasteiger partial charge >= 0.3 is 0 Å². The van der Waals surface area contributed by atoms with Gasteiger partial charge in [-0.1, -0.05) is 12.2 Å². The van der Waals surface area contributed by atoms with Crippen LogP contribution < -0.4 is 5.73 Å². The van der Waals surface area contributed by atoms with Gasteiger partial charge in [0.25, 0.3) is 6.47 Å². The molecule has 1 saturated heterocycles. The molecule has 6 atom stereocenters. The Balaban J connectivity index is 0.00000135. The molecular formula is C14H25NO6S. The first kappa shape index (κ1) is 21.1. The van der Waals surface area contributed by atoms with Crippen molar-refractivity contribution in [2.45, 2.75) is 48.7 Å². The lowest BCUT2D eigenvalue weighted by molar-refractivity contribution is -0.202. The Labute approximate surface area is 134 Å². The summed E-state index contributed by atoms with van der Waals surface area (Å²) in [4.78, 5) is 8.36. The number of hydrogen-bond donors (Lipinski definition) is 5. The maximum Gasteiger partial charge on any atom is 0.290 e. The van der Waals surface area contributed by atoms with Crippen molar-refractivity contribution in [3.63, 3.8) is 0 Å². The van der Waals surface area contributed by atoms with E-state index in [4.69, 9.17) is 20.4 Å². The van der Waals surface area contributed by atoms with Gasteiger partial charge in [-0.15, -0.1) is 24.9 Å². The number of carbonyl (C=O) groups is 1. The van der Waals surface area contributed by atoms with Gasteiger partial charge in [-0.25, -0.2) is 0 Å². The lowest BCUT2D eigenvalue weighted by Gasteiger charge is -2.42. The molecule has 7 nitrogen and oxygen atoms in total. The van der Waals surface area contributed by atoms with Gasteiger partial charge in [0.05, 0.1) is 0 Å². The van der Waals surface area contributed by atoms with E-state index in [-0.39, 0.29) is 6.47 Å². The standard InChI is InChI=1S/C13H23NO4S.CH2O2/c1-3-5-6-8(14)12-10(16)9(15)11(17)13(18-12)19-7-4-2;2-1-3/h3-4,8-13,15-17H,1-2,5-7,14H2;1H,(H,2,3)/t8-,9+,10-,11-,12-,13-;/m1./s1. The number of hydrogen-bond acceptors (Lipinski definition) is 7. The van der Waals surface area contributed by atoms with E-state index in [1.165, 1.54) is 11.8 Å². The Hall–Kier alpha value is -0.900. The van der Waals surface area contributed by atoms with Crippen molar-refractivity contribution < 1.29 is 30.0 Å². The van der Waals surface area contributed by atoms with Crippen molar-refractivity contribution in [2.75, 3.05) is 5.75 Å². The molecule has 0 aromatic rings. The number of nitrogens with two attached hydrogens (primary N) is 1. The van der Waals surface area contributed by atoms with Crippen LogP contribution in [-0.2, 0) is 9.53 Å². The average Bonchev–Trinajstić information content (AvgIpc) is 2.50. The zero-order valence-corrected chi connectivity index (χ0v) is 13.1. The fourth-order valence-corrected chi connectivity index (χ4v) is 2.89. The molecule has 128 valence electrons. The summed E-state index contributed by atoms with van der Waals surface area (Å²) in [6.45, 7) is 6.96. The van der Waals surface area contributed by atoms with E-state index in [0.717, 1.165) is 0 Å². The third-order valence-electron chi connectivity index (χ3n) is 3.11. The summed E-state index contributed by atoms with van der Waals surface area (Å²) in [6, 6.07) is -0.415. The van der Waals surface area contributed by atoms with Crippen molar-refractivity contribution >= 4 is 18.2 Å². The van der Waals surface area contributed by atoms with Crippen LogP contribution in [0.4, 0.5) is 0 Å². The summed E-state index contributed by atoms with van der Waals surface area (Å²) in [5.74, 6) is 0.582. The largest absolute Gasteiger partial charge is 0.483 e. The smallest absolute Gasteiger partial charge is 0.290 e. The second kappa shape index (κ2) is 11.6. The lowest BCUT2D eigenvalue weighted by Crippen LogP contribution is -2.61. The van der Waals surface area contributed by atoms with Crippen LogP contribution in [0.3, 0.4) is 0 Å². The molecule has 0 aromatic carbocycles. The van der Waals surface area contributed by atoms with Crippen molar-refractivity contribution in [3.05, 3.63) is 25.3 Å². The summed E-state index contributed by atoms with van der Waals surface area (Å²) in [5, 5.41) is 36.6. The maximum atomic E-state index is 9.95. The summed E-state index contributed by atoms with van der Waals surface area (Å²) >= 11 is 1.32. The van der Waals surface area contributed by atoms with Gasteiger partial charge in [-0.2, -0.15) is 0 Å². The quantitative estimate of drug-likeness (QED) is 0.316. The lowest BCUT2D eigenvalue weighted by atomic mass is 9.93. The molecule has 0 amide bonds. The summed E-state index contributed by atoms with van der Waals surface area (Å²) in [6.07, 6.45) is 0.466. The van der Waals surface area contributed by atoms with Gasteiger partial charge in [0, 0.05) is 11.8 Å². The second-order valence-electron chi connectivity index (χ2n) is 4.70. The molecule has 0 aromatic heterocycles. The highest BCUT2D eigenvalue weighted by Gasteiger charge is 2.45. The van der Waals surface area contributed by atoms with Crippen LogP contribution in [0.25, 0.3) is 0 Å². The SMILES string of the molecule is C=CCC[C@@H](N)[C@H]1O[C@H](SCC=C)[C@H](O)[C@@H](O)[C@H]1O.O=CO. The molecule has 1 fully saturated rings. The zero-order chi connectivity index (χ0) is 17.1. The monoisotopic (exact) mass is 335 g/mol. The molecule has 1 aliphatic heterocycles. The minimum absolute atomic E-state index is 0.250. The highest BCUT2D eigenvalue weighted by molar-refractivity contribution is 7.99. The molecule has 0 bridgehead atoms. The Morgan fingerprint density at radius 1 is 1.18 bits per heavy atom. The van der Waals surface area contributed by atoms with Crippen molar-refractivity contribution in [2.24, 2.45) is 5.73 Å². The molecule has 0 unspecified atom stereocenters. The van der Waals surface area contributed by atoms with Gasteiger partial charge in [-0.05, 0) is 12.8 Å². The number of rotatable bonds is 7. The maximum absolute atomic E-state index is 9.95. The number of ether oxygens (including phenoxy) is 1. The fourth-order valence-electron chi connectivity index (χ4n) is 2.00. The average molecular weight is 335 g/mol. The van der Waals surface area contributed by atoms with E-state index in [1.54, 1.807) is 12.2 Å². The third kappa shape index (κ3) is 6.47. The van der Waals surface area contributed by atoms with Crippen LogP contribution in [0.1, 0.15) is 12.8 Å².